The van der Waals surface area contributed by atoms with Crippen molar-refractivity contribution in [2.75, 3.05) is 12.0 Å². The molecule has 0 aliphatic carbocycles. The van der Waals surface area contributed by atoms with E-state index in [0.29, 0.717) is 68.3 Å². The van der Waals surface area contributed by atoms with Crippen LogP contribution in [0.5, 0.6) is 17.2 Å². The molecule has 0 atom stereocenters. The van der Waals surface area contributed by atoms with Gasteiger partial charge in [0, 0.05) is 11.1 Å². The number of aromatic hydroxyl groups is 2. The Morgan fingerprint density at radius 1 is 0.478 bits per heavy atom. The smallest absolute Gasteiger partial charge is 0.296 e. The molecule has 0 radical (unpaired) electrons. The highest BCUT2D eigenvalue weighted by Gasteiger charge is 2.23. The van der Waals surface area contributed by atoms with Gasteiger partial charge in [0.05, 0.1) is 39.0 Å². The molecule has 69 heavy (non-hydrogen) atoms. The van der Waals surface area contributed by atoms with Crippen molar-refractivity contribution in [2.45, 2.75) is 42.4 Å². The lowest BCUT2D eigenvalue weighted by molar-refractivity contribution is 0.346. The van der Waals surface area contributed by atoms with Gasteiger partial charge >= 0.3 is 0 Å². The first-order valence-electron chi connectivity index (χ1n) is 20.0. The summed E-state index contributed by atoms with van der Waals surface area (Å²) in [6.45, 7) is 7.04. The van der Waals surface area contributed by atoms with E-state index in [1.165, 1.54) is 18.2 Å². The van der Waals surface area contributed by atoms with Gasteiger partial charge < -0.3 is 20.3 Å². The van der Waals surface area contributed by atoms with E-state index >= 15 is 0 Å². The Kier molecular flexibility index (Phi) is 14.1. The summed E-state index contributed by atoms with van der Waals surface area (Å²) in [5.41, 5.74) is 4.88. The summed E-state index contributed by atoms with van der Waals surface area (Å²) in [7, 11) is -14.6. The summed E-state index contributed by atoms with van der Waals surface area (Å²) < 4.78 is 106. The molecule has 0 aliphatic heterocycles. The van der Waals surface area contributed by atoms with Crippen molar-refractivity contribution in [3.63, 3.8) is 0 Å². The van der Waals surface area contributed by atoms with E-state index in [2.05, 4.69) is 46.2 Å². The summed E-state index contributed by atoms with van der Waals surface area (Å²) in [4.78, 5) is -2.27. The topological polar surface area (TPSA) is 324 Å². The molecule has 0 aliphatic rings. The molecule has 0 unspecified atom stereocenters. The zero-order valence-corrected chi connectivity index (χ0v) is 39.0. The number of rotatable bonds is 15. The molecular formula is C45H39N9O12S3. The molecule has 0 aromatic heterocycles. The molecule has 0 amide bonds. The SMILES string of the molecule is Cc1cc(N=Nc2cc(C)c(N=Nc3c(S(=O)(=O)O)cc4cc(NCOc5ccc(O)cc5)ccc4c3O)cc2C)ccc1N=Nc1ccc(N=Nc2ccc(S(=O)(=O)O)cc2S(=O)(=O)O)c(C)c1. The van der Waals surface area contributed by atoms with Gasteiger partial charge in [-0.15, -0.1) is 10.2 Å². The first-order valence-corrected chi connectivity index (χ1v) is 24.4. The molecule has 6 N–H and O–H groups in total. The van der Waals surface area contributed by atoms with Crippen LogP contribution in [-0.4, -0.2) is 55.9 Å². The van der Waals surface area contributed by atoms with E-state index in [4.69, 9.17) is 4.74 Å². The largest absolute Gasteiger partial charge is 0.508 e. The van der Waals surface area contributed by atoms with Crippen molar-refractivity contribution in [3.05, 3.63) is 138 Å². The van der Waals surface area contributed by atoms with Crippen LogP contribution in [0.1, 0.15) is 22.3 Å². The van der Waals surface area contributed by atoms with Crippen molar-refractivity contribution in [1.82, 2.24) is 0 Å². The van der Waals surface area contributed by atoms with Crippen molar-refractivity contribution in [1.29, 1.82) is 0 Å². The third kappa shape index (κ3) is 12.0. The lowest BCUT2D eigenvalue weighted by Gasteiger charge is -2.12. The highest BCUT2D eigenvalue weighted by molar-refractivity contribution is 7.87. The number of anilines is 1. The average molecular weight is 994 g/mol. The molecule has 0 heterocycles. The van der Waals surface area contributed by atoms with Crippen molar-refractivity contribution in [3.8, 4) is 17.2 Å². The van der Waals surface area contributed by atoms with Crippen LogP contribution in [0.25, 0.3) is 10.8 Å². The summed E-state index contributed by atoms with van der Waals surface area (Å²) in [6.07, 6.45) is 0. The summed E-state index contributed by atoms with van der Waals surface area (Å²) in [6, 6.07) is 27.8. The van der Waals surface area contributed by atoms with Gasteiger partial charge in [0.2, 0.25) is 0 Å². The minimum Gasteiger partial charge on any atom is -0.508 e. The zero-order chi connectivity index (χ0) is 49.8. The minimum atomic E-state index is -4.93. The van der Waals surface area contributed by atoms with E-state index in [1.807, 2.05) is 6.92 Å². The van der Waals surface area contributed by atoms with E-state index in [0.717, 1.165) is 17.7 Å². The molecule has 0 saturated carbocycles. The Hall–Kier alpha value is -7.87. The van der Waals surface area contributed by atoms with Crippen molar-refractivity contribution < 1.29 is 53.9 Å². The Morgan fingerprint density at radius 2 is 0.986 bits per heavy atom. The fourth-order valence-corrected chi connectivity index (χ4v) is 8.40. The van der Waals surface area contributed by atoms with Crippen LogP contribution in [0.15, 0.2) is 171 Å². The summed E-state index contributed by atoms with van der Waals surface area (Å²) in [5, 5.41) is 57.9. The van der Waals surface area contributed by atoms with Crippen LogP contribution in [-0.2, 0) is 30.4 Å². The normalized spacial score (nSPS) is 12.6. The number of azo groups is 4. The van der Waals surface area contributed by atoms with Gasteiger partial charge in [-0.05, 0) is 171 Å². The van der Waals surface area contributed by atoms with Gasteiger partial charge in [-0.25, -0.2) is 0 Å². The van der Waals surface area contributed by atoms with Crippen LogP contribution in [0.4, 0.5) is 51.2 Å². The van der Waals surface area contributed by atoms with Gasteiger partial charge in [0.15, 0.2) is 12.5 Å². The van der Waals surface area contributed by atoms with Gasteiger partial charge in [0.1, 0.15) is 32.7 Å². The number of nitrogens with one attached hydrogen (secondary N) is 1. The van der Waals surface area contributed by atoms with Gasteiger partial charge in [0.25, 0.3) is 30.4 Å². The molecule has 0 spiro atoms. The van der Waals surface area contributed by atoms with E-state index in [-0.39, 0.29) is 28.9 Å². The maximum absolute atomic E-state index is 12.5. The van der Waals surface area contributed by atoms with Gasteiger partial charge in [-0.1, -0.05) is 0 Å². The molecule has 0 bridgehead atoms. The van der Waals surface area contributed by atoms with Crippen LogP contribution >= 0.6 is 0 Å². The fourth-order valence-electron chi connectivity index (χ4n) is 6.51. The molecule has 354 valence electrons. The third-order valence-corrected chi connectivity index (χ3v) is 12.7. The molecule has 7 rings (SSSR count). The number of hydrogen-bond acceptors (Lipinski definition) is 18. The number of ether oxygens (including phenoxy) is 1. The van der Waals surface area contributed by atoms with Crippen molar-refractivity contribution in [2.24, 2.45) is 40.9 Å². The number of phenolic OH excluding ortho intramolecular Hbond substituents is 2. The Morgan fingerprint density at radius 3 is 1.54 bits per heavy atom. The van der Waals surface area contributed by atoms with E-state index in [1.54, 1.807) is 99.6 Å². The number of nitrogens with zero attached hydrogens (tertiary/aromatic N) is 8. The molecule has 24 heteroatoms. The Bertz CT molecular complexity index is 3640. The number of benzene rings is 7. The number of aryl methyl sites for hydroxylation is 4. The first kappa shape index (κ1) is 49.0. The average Bonchev–Trinajstić information content (AvgIpc) is 3.28. The predicted molar refractivity (Wildman–Crippen MR) is 254 cm³/mol. The van der Waals surface area contributed by atoms with E-state index in [9.17, 15) is 49.1 Å². The Balaban J connectivity index is 1.03. The monoisotopic (exact) mass is 993 g/mol. The fraction of sp³-hybridized carbons (Fsp3) is 0.111. The predicted octanol–water partition coefficient (Wildman–Crippen LogP) is 12.3. The molecule has 21 nitrogen and oxygen atoms in total. The summed E-state index contributed by atoms with van der Waals surface area (Å²) >= 11 is 0. The summed E-state index contributed by atoms with van der Waals surface area (Å²) in [5.74, 6) is 0.0746. The second-order valence-electron chi connectivity index (χ2n) is 15.2. The number of phenols is 2. The first-order chi connectivity index (χ1) is 32.5. The van der Waals surface area contributed by atoms with Crippen LogP contribution in [0.3, 0.4) is 0 Å². The zero-order valence-electron chi connectivity index (χ0n) is 36.6. The highest BCUT2D eigenvalue weighted by Crippen LogP contribution is 2.43. The second kappa shape index (κ2) is 19.8. The highest BCUT2D eigenvalue weighted by atomic mass is 32.2. The van der Waals surface area contributed by atoms with Crippen LogP contribution < -0.4 is 10.1 Å². The lowest BCUT2D eigenvalue weighted by Crippen LogP contribution is -2.08. The molecule has 7 aromatic carbocycles. The second-order valence-corrected chi connectivity index (χ2v) is 19.4. The van der Waals surface area contributed by atoms with Crippen LogP contribution in [0.2, 0.25) is 0 Å². The van der Waals surface area contributed by atoms with Crippen LogP contribution in [0, 0.1) is 27.7 Å². The van der Waals surface area contributed by atoms with Gasteiger partial charge in [-0.2, -0.15) is 55.9 Å². The Labute approximate surface area is 394 Å². The van der Waals surface area contributed by atoms with E-state index < -0.39 is 56.5 Å². The molecule has 0 saturated heterocycles. The molecular weight excluding hydrogens is 955 g/mol. The molecule has 0 fully saturated rings. The number of hydrogen-bond donors (Lipinski definition) is 6. The molecule has 7 aromatic rings. The quantitative estimate of drug-likeness (QED) is 0.0316. The minimum absolute atomic E-state index is 0.0307. The van der Waals surface area contributed by atoms with Gasteiger partial charge in [-0.3, -0.25) is 13.7 Å². The lowest BCUT2D eigenvalue weighted by atomic mass is 10.1. The maximum Gasteiger partial charge on any atom is 0.296 e. The van der Waals surface area contributed by atoms with Crippen molar-refractivity contribution >= 4 is 92.3 Å². The standard InChI is InChI=1S/C45H39N9O12S3/c1-25-17-32(6-14-37(25)49-47-31-7-15-38(26(2)18-31)50-51-39-16-12-35(67(57,58)59)23-42(39)68(60,61)62)48-52-40-19-28(4)41(20-27(40)3)53-54-44-43(69(63,64)65)22-29-21-30(5-13-36(29)45(44)56)46-24-66-34-10-8-33(55)9-11-34/h5-23,46,55-56H,24H2,1-4H3,(H,57,58,59)(H,60,61,62)(H,63,64,65). The third-order valence-electron chi connectivity index (χ3n) is 10.1. The maximum atomic E-state index is 12.5. The number of fused-ring (bicyclic) bond motifs is 1.